The first-order valence-corrected chi connectivity index (χ1v) is 6.12. The lowest BCUT2D eigenvalue weighted by Gasteiger charge is -2.44. The van der Waals surface area contributed by atoms with Crippen LogP contribution in [0.3, 0.4) is 0 Å². The summed E-state index contributed by atoms with van der Waals surface area (Å²) >= 11 is 5.87. The summed E-state index contributed by atoms with van der Waals surface area (Å²) in [4.78, 5) is 0. The molecule has 2 nitrogen and oxygen atoms in total. The number of aliphatic hydroxyl groups is 1. The van der Waals surface area contributed by atoms with E-state index < -0.39 is 5.60 Å². The van der Waals surface area contributed by atoms with Crippen molar-refractivity contribution in [2.75, 3.05) is 13.1 Å². The second-order valence-electron chi connectivity index (χ2n) is 4.79. The quantitative estimate of drug-likeness (QED) is 0.789. The highest BCUT2D eigenvalue weighted by Gasteiger charge is 2.43. The lowest BCUT2D eigenvalue weighted by molar-refractivity contribution is -0.0806. The summed E-state index contributed by atoms with van der Waals surface area (Å²) < 4.78 is 0. The molecule has 3 heteroatoms. The van der Waals surface area contributed by atoms with E-state index in [0.29, 0.717) is 5.02 Å². The van der Waals surface area contributed by atoms with Gasteiger partial charge in [0.2, 0.25) is 0 Å². The van der Waals surface area contributed by atoms with Crippen LogP contribution in [-0.2, 0) is 5.60 Å². The number of piperidine rings is 1. The van der Waals surface area contributed by atoms with Crippen LogP contribution in [0.5, 0.6) is 0 Å². The second kappa shape index (κ2) is 4.36. The Kier molecular flexibility index (Phi) is 3.24. The monoisotopic (exact) mass is 239 g/mol. The van der Waals surface area contributed by atoms with Crippen LogP contribution in [0.4, 0.5) is 0 Å². The molecule has 0 radical (unpaired) electrons. The van der Waals surface area contributed by atoms with Gasteiger partial charge in [-0.2, -0.15) is 0 Å². The molecule has 2 rings (SSSR count). The predicted molar refractivity (Wildman–Crippen MR) is 66.5 cm³/mol. The van der Waals surface area contributed by atoms with E-state index in [4.69, 9.17) is 11.6 Å². The number of halogens is 1. The van der Waals surface area contributed by atoms with Gasteiger partial charge in [0, 0.05) is 29.9 Å². The van der Waals surface area contributed by atoms with E-state index in [2.05, 4.69) is 19.2 Å². The van der Waals surface area contributed by atoms with E-state index >= 15 is 0 Å². The van der Waals surface area contributed by atoms with Gasteiger partial charge in [0.05, 0.1) is 5.60 Å². The van der Waals surface area contributed by atoms with Gasteiger partial charge >= 0.3 is 0 Å². The van der Waals surface area contributed by atoms with E-state index in [0.717, 1.165) is 18.7 Å². The van der Waals surface area contributed by atoms with E-state index in [1.165, 1.54) is 0 Å². The average molecular weight is 240 g/mol. The van der Waals surface area contributed by atoms with E-state index in [-0.39, 0.29) is 11.8 Å². The highest BCUT2D eigenvalue weighted by atomic mass is 35.5. The molecule has 16 heavy (non-hydrogen) atoms. The van der Waals surface area contributed by atoms with Crippen LogP contribution in [0.15, 0.2) is 24.3 Å². The molecule has 0 aliphatic carbocycles. The Morgan fingerprint density at radius 3 is 2.19 bits per heavy atom. The van der Waals surface area contributed by atoms with E-state index in [1.54, 1.807) is 0 Å². The molecule has 0 bridgehead atoms. The van der Waals surface area contributed by atoms with Crippen molar-refractivity contribution in [2.24, 2.45) is 11.8 Å². The Labute approximate surface area is 102 Å². The topological polar surface area (TPSA) is 32.3 Å². The van der Waals surface area contributed by atoms with E-state index in [1.807, 2.05) is 24.3 Å². The minimum absolute atomic E-state index is 0.206. The number of nitrogens with one attached hydrogen (secondary N) is 1. The highest BCUT2D eigenvalue weighted by molar-refractivity contribution is 6.30. The average Bonchev–Trinajstić information content (AvgIpc) is 2.27. The Bertz CT molecular complexity index is 353. The van der Waals surface area contributed by atoms with Crippen LogP contribution < -0.4 is 5.32 Å². The van der Waals surface area contributed by atoms with Crippen LogP contribution in [0.2, 0.25) is 5.02 Å². The maximum Gasteiger partial charge on any atom is 0.0971 e. The van der Waals surface area contributed by atoms with E-state index in [9.17, 15) is 5.11 Å². The Hall–Kier alpha value is -0.570. The number of hydrogen-bond donors (Lipinski definition) is 2. The van der Waals surface area contributed by atoms with Crippen LogP contribution in [0.25, 0.3) is 0 Å². The lowest BCUT2D eigenvalue weighted by atomic mass is 9.71. The summed E-state index contributed by atoms with van der Waals surface area (Å²) in [6.07, 6.45) is 0. The Morgan fingerprint density at radius 2 is 1.69 bits per heavy atom. The van der Waals surface area contributed by atoms with Gasteiger partial charge < -0.3 is 10.4 Å². The van der Waals surface area contributed by atoms with Gasteiger partial charge in [-0.15, -0.1) is 0 Å². The molecule has 2 N–H and O–H groups in total. The Balaban J connectivity index is 2.38. The van der Waals surface area contributed by atoms with Gasteiger partial charge in [-0.1, -0.05) is 37.6 Å². The summed E-state index contributed by atoms with van der Waals surface area (Å²) in [6, 6.07) is 7.55. The molecule has 0 amide bonds. The molecule has 1 saturated heterocycles. The minimum Gasteiger partial charge on any atom is -0.385 e. The normalized spacial score (nSPS) is 35.0. The molecule has 1 heterocycles. The lowest BCUT2D eigenvalue weighted by Crippen LogP contribution is -2.52. The molecule has 1 aromatic rings. The van der Waals surface area contributed by atoms with Crippen LogP contribution in [0, 0.1) is 11.8 Å². The number of hydrogen-bond acceptors (Lipinski definition) is 2. The van der Waals surface area contributed by atoms with Gasteiger partial charge in [-0.05, 0) is 17.7 Å². The van der Waals surface area contributed by atoms with Crippen molar-refractivity contribution in [2.45, 2.75) is 19.4 Å². The molecule has 1 aliphatic rings. The van der Waals surface area contributed by atoms with Crippen LogP contribution >= 0.6 is 11.6 Å². The van der Waals surface area contributed by atoms with Gasteiger partial charge in [0.1, 0.15) is 0 Å². The van der Waals surface area contributed by atoms with Crippen molar-refractivity contribution in [1.29, 1.82) is 0 Å². The molecule has 2 unspecified atom stereocenters. The fourth-order valence-corrected chi connectivity index (χ4v) is 2.73. The van der Waals surface area contributed by atoms with Crippen molar-refractivity contribution >= 4 is 11.6 Å². The first-order valence-electron chi connectivity index (χ1n) is 5.74. The van der Waals surface area contributed by atoms with Crippen LogP contribution in [0.1, 0.15) is 19.4 Å². The molecule has 88 valence electrons. The minimum atomic E-state index is -0.740. The molecule has 0 aromatic heterocycles. The highest BCUT2D eigenvalue weighted by Crippen LogP contribution is 2.39. The van der Waals surface area contributed by atoms with Gasteiger partial charge in [0.25, 0.3) is 0 Å². The smallest absolute Gasteiger partial charge is 0.0971 e. The first kappa shape index (κ1) is 11.9. The van der Waals surface area contributed by atoms with Crippen molar-refractivity contribution in [3.8, 4) is 0 Å². The number of rotatable bonds is 1. The summed E-state index contributed by atoms with van der Waals surface area (Å²) in [6.45, 7) is 5.86. The third-order valence-corrected chi connectivity index (χ3v) is 3.96. The predicted octanol–water partition coefficient (Wildman–Crippen LogP) is 2.40. The molecule has 1 aliphatic heterocycles. The zero-order valence-corrected chi connectivity index (χ0v) is 10.5. The second-order valence-corrected chi connectivity index (χ2v) is 5.23. The third kappa shape index (κ3) is 1.86. The molecule has 1 fully saturated rings. The SMILES string of the molecule is CC1CNC[C@@H](C)C1(O)c1ccc(Cl)cc1. The van der Waals surface area contributed by atoms with Crippen molar-refractivity contribution < 1.29 is 5.11 Å². The summed E-state index contributed by atoms with van der Waals surface area (Å²) in [5.41, 5.74) is 0.231. The standard InChI is InChI=1S/C13H18ClNO/c1-9-7-15-8-10(2)13(9,16)11-3-5-12(14)6-4-11/h3-6,9-10,15-16H,7-8H2,1-2H3/t9-,10?,13?/m1/s1. The molecule has 3 atom stereocenters. The number of benzene rings is 1. The molecular weight excluding hydrogens is 222 g/mol. The fraction of sp³-hybridized carbons (Fsp3) is 0.538. The molecule has 0 saturated carbocycles. The molecule has 0 spiro atoms. The van der Waals surface area contributed by atoms with Gasteiger partial charge in [0.15, 0.2) is 0 Å². The van der Waals surface area contributed by atoms with Crippen LogP contribution in [-0.4, -0.2) is 18.2 Å². The molecule has 1 aromatic carbocycles. The van der Waals surface area contributed by atoms with Crippen molar-refractivity contribution in [1.82, 2.24) is 5.32 Å². The summed E-state index contributed by atoms with van der Waals surface area (Å²) in [5, 5.41) is 14.9. The van der Waals surface area contributed by atoms with Crippen molar-refractivity contribution in [3.63, 3.8) is 0 Å². The maximum atomic E-state index is 10.9. The fourth-order valence-electron chi connectivity index (χ4n) is 2.60. The Morgan fingerprint density at radius 1 is 1.19 bits per heavy atom. The maximum absolute atomic E-state index is 10.9. The third-order valence-electron chi connectivity index (χ3n) is 3.71. The molecular formula is C13H18ClNO. The van der Waals surface area contributed by atoms with Gasteiger partial charge in [-0.25, -0.2) is 0 Å². The van der Waals surface area contributed by atoms with Crippen molar-refractivity contribution in [3.05, 3.63) is 34.9 Å². The van der Waals surface area contributed by atoms with Gasteiger partial charge in [-0.3, -0.25) is 0 Å². The largest absolute Gasteiger partial charge is 0.385 e. The summed E-state index contributed by atoms with van der Waals surface area (Å²) in [5.74, 6) is 0.412. The summed E-state index contributed by atoms with van der Waals surface area (Å²) in [7, 11) is 0. The zero-order valence-electron chi connectivity index (χ0n) is 9.70. The first-order chi connectivity index (χ1) is 7.55. The zero-order chi connectivity index (χ0) is 11.8.